The second-order valence-corrected chi connectivity index (χ2v) is 10.6. The molecular formula is C37H23NO2. The summed E-state index contributed by atoms with van der Waals surface area (Å²) in [6, 6.07) is 42.9. The SMILES string of the molecule is Cc1ccc2oc3cccc(-c4ccc5c(c4)c4ccc6c7ccccc7oc6c4n5-c4ccccc4)c3c2c1. The Morgan fingerprint density at radius 3 is 2.25 bits per heavy atom. The maximum Gasteiger partial charge on any atom is 0.160 e. The normalized spacial score (nSPS) is 12.1. The van der Waals surface area contributed by atoms with Gasteiger partial charge in [0.1, 0.15) is 16.7 Å². The number of fused-ring (bicyclic) bond motifs is 10. The van der Waals surface area contributed by atoms with Gasteiger partial charge in [0.25, 0.3) is 0 Å². The molecule has 0 bridgehead atoms. The molecule has 3 heterocycles. The van der Waals surface area contributed by atoms with Crippen molar-refractivity contribution < 1.29 is 8.83 Å². The third-order valence-corrected chi connectivity index (χ3v) is 8.25. The first-order chi connectivity index (χ1) is 19.7. The third-order valence-electron chi connectivity index (χ3n) is 8.25. The zero-order valence-electron chi connectivity index (χ0n) is 21.8. The summed E-state index contributed by atoms with van der Waals surface area (Å²) in [5.74, 6) is 0. The van der Waals surface area contributed by atoms with Crippen LogP contribution in [-0.2, 0) is 0 Å². The van der Waals surface area contributed by atoms with Crippen LogP contribution in [0.4, 0.5) is 0 Å². The van der Waals surface area contributed by atoms with E-state index in [-0.39, 0.29) is 0 Å². The Hall–Kier alpha value is -5.28. The Balaban J connectivity index is 1.41. The molecule has 0 amide bonds. The van der Waals surface area contributed by atoms with E-state index in [2.05, 4.69) is 121 Å². The first kappa shape index (κ1) is 21.6. The predicted octanol–water partition coefficient (Wildman–Crippen LogP) is 10.6. The van der Waals surface area contributed by atoms with Crippen LogP contribution in [-0.4, -0.2) is 4.57 Å². The molecule has 3 nitrogen and oxygen atoms in total. The first-order valence-corrected chi connectivity index (χ1v) is 13.6. The molecule has 9 aromatic rings. The monoisotopic (exact) mass is 513 g/mol. The van der Waals surface area contributed by atoms with Crippen molar-refractivity contribution in [2.75, 3.05) is 0 Å². The fourth-order valence-electron chi connectivity index (χ4n) is 6.48. The van der Waals surface area contributed by atoms with Crippen LogP contribution in [0.3, 0.4) is 0 Å². The van der Waals surface area contributed by atoms with Gasteiger partial charge in [0.15, 0.2) is 5.58 Å². The van der Waals surface area contributed by atoms with Gasteiger partial charge >= 0.3 is 0 Å². The van der Waals surface area contributed by atoms with Gasteiger partial charge in [-0.2, -0.15) is 0 Å². The lowest BCUT2D eigenvalue weighted by Gasteiger charge is -2.09. The largest absolute Gasteiger partial charge is 0.456 e. The molecule has 9 rings (SSSR count). The van der Waals surface area contributed by atoms with Gasteiger partial charge in [0.05, 0.1) is 11.0 Å². The van der Waals surface area contributed by atoms with Crippen LogP contribution in [0.5, 0.6) is 0 Å². The summed E-state index contributed by atoms with van der Waals surface area (Å²) in [6.07, 6.45) is 0. The van der Waals surface area contributed by atoms with Gasteiger partial charge in [-0.3, -0.25) is 0 Å². The average Bonchev–Trinajstić information content (AvgIpc) is 3.66. The summed E-state index contributed by atoms with van der Waals surface area (Å²) in [7, 11) is 0. The van der Waals surface area contributed by atoms with E-state index in [0.717, 1.165) is 60.6 Å². The summed E-state index contributed by atoms with van der Waals surface area (Å²) in [4.78, 5) is 0. The van der Waals surface area contributed by atoms with Crippen molar-refractivity contribution in [3.8, 4) is 16.8 Å². The number of aromatic nitrogens is 1. The predicted molar refractivity (Wildman–Crippen MR) is 166 cm³/mol. The molecule has 0 saturated heterocycles. The van der Waals surface area contributed by atoms with Gasteiger partial charge < -0.3 is 13.4 Å². The number of aryl methyl sites for hydroxylation is 1. The van der Waals surface area contributed by atoms with Crippen LogP contribution in [0.2, 0.25) is 0 Å². The Morgan fingerprint density at radius 2 is 1.32 bits per heavy atom. The molecule has 0 aliphatic carbocycles. The average molecular weight is 514 g/mol. The van der Waals surface area contributed by atoms with Gasteiger partial charge in [-0.25, -0.2) is 0 Å². The van der Waals surface area contributed by atoms with Crippen molar-refractivity contribution in [2.45, 2.75) is 6.92 Å². The molecule has 0 saturated carbocycles. The minimum atomic E-state index is 0.907. The van der Waals surface area contributed by atoms with E-state index in [0.29, 0.717) is 0 Å². The first-order valence-electron chi connectivity index (χ1n) is 13.6. The maximum atomic E-state index is 6.55. The second kappa shape index (κ2) is 7.87. The summed E-state index contributed by atoms with van der Waals surface area (Å²) in [5.41, 5.74) is 10.6. The number of hydrogen-bond donors (Lipinski definition) is 0. The number of nitrogens with zero attached hydrogens (tertiary/aromatic N) is 1. The molecule has 0 radical (unpaired) electrons. The summed E-state index contributed by atoms with van der Waals surface area (Å²) >= 11 is 0. The topological polar surface area (TPSA) is 31.2 Å². The minimum absolute atomic E-state index is 0.907. The quantitative estimate of drug-likeness (QED) is 0.230. The lowest BCUT2D eigenvalue weighted by atomic mass is 9.97. The molecule has 0 spiro atoms. The van der Waals surface area contributed by atoms with Gasteiger partial charge in [0, 0.05) is 38.0 Å². The molecule has 188 valence electrons. The molecule has 0 aliphatic heterocycles. The molecule has 40 heavy (non-hydrogen) atoms. The fraction of sp³-hybridized carbons (Fsp3) is 0.0270. The van der Waals surface area contributed by atoms with Gasteiger partial charge in [-0.1, -0.05) is 72.3 Å². The van der Waals surface area contributed by atoms with E-state index >= 15 is 0 Å². The van der Waals surface area contributed by atoms with Crippen molar-refractivity contribution in [3.63, 3.8) is 0 Å². The zero-order valence-corrected chi connectivity index (χ0v) is 21.8. The number of para-hydroxylation sites is 2. The lowest BCUT2D eigenvalue weighted by molar-refractivity contribution is 0.669. The molecule has 3 heteroatoms. The molecular weight excluding hydrogens is 490 g/mol. The van der Waals surface area contributed by atoms with E-state index < -0.39 is 0 Å². The second-order valence-electron chi connectivity index (χ2n) is 10.6. The highest BCUT2D eigenvalue weighted by molar-refractivity contribution is 6.22. The van der Waals surface area contributed by atoms with Gasteiger partial charge in [-0.05, 0) is 72.6 Å². The van der Waals surface area contributed by atoms with Crippen LogP contribution in [0.25, 0.3) is 82.5 Å². The molecule has 3 aromatic heterocycles. The maximum absolute atomic E-state index is 6.55. The van der Waals surface area contributed by atoms with Crippen molar-refractivity contribution >= 4 is 65.7 Å². The van der Waals surface area contributed by atoms with Crippen LogP contribution in [0.15, 0.2) is 130 Å². The van der Waals surface area contributed by atoms with E-state index in [4.69, 9.17) is 8.83 Å². The molecule has 0 N–H and O–H groups in total. The Bertz CT molecular complexity index is 2440. The number of rotatable bonds is 2. The third kappa shape index (κ3) is 2.89. The smallest absolute Gasteiger partial charge is 0.160 e. The highest BCUT2D eigenvalue weighted by atomic mass is 16.3. The van der Waals surface area contributed by atoms with Crippen molar-refractivity contribution in [2.24, 2.45) is 0 Å². The highest BCUT2D eigenvalue weighted by Crippen LogP contribution is 2.43. The van der Waals surface area contributed by atoms with Crippen molar-refractivity contribution in [1.29, 1.82) is 0 Å². The molecule has 0 fully saturated rings. The van der Waals surface area contributed by atoms with E-state index in [1.807, 2.05) is 12.1 Å². The van der Waals surface area contributed by atoms with E-state index in [1.54, 1.807) is 0 Å². The zero-order chi connectivity index (χ0) is 26.4. The molecule has 6 aromatic carbocycles. The standard InChI is InChI=1S/C37H23NO2/c1-22-14-19-33-30(20-22)35-25(11-7-13-34(35)39-33)23-15-18-31-29(21-23)27-16-17-28-26-10-5-6-12-32(26)40-37(28)36(27)38(31)24-8-3-2-4-9-24/h2-21H,1H3. The highest BCUT2D eigenvalue weighted by Gasteiger charge is 2.20. The van der Waals surface area contributed by atoms with Crippen molar-refractivity contribution in [3.05, 3.63) is 127 Å². The lowest BCUT2D eigenvalue weighted by Crippen LogP contribution is -1.93. The number of hydrogen-bond acceptors (Lipinski definition) is 2. The van der Waals surface area contributed by atoms with E-state index in [1.165, 1.54) is 27.5 Å². The molecule has 0 unspecified atom stereocenters. The number of benzene rings is 6. The minimum Gasteiger partial charge on any atom is -0.456 e. The Kier molecular flexibility index (Phi) is 4.26. The van der Waals surface area contributed by atoms with Gasteiger partial charge in [-0.15, -0.1) is 0 Å². The fourth-order valence-corrected chi connectivity index (χ4v) is 6.48. The van der Waals surface area contributed by atoms with Crippen LogP contribution in [0.1, 0.15) is 5.56 Å². The Labute approximate surface area is 229 Å². The van der Waals surface area contributed by atoms with E-state index in [9.17, 15) is 0 Å². The Morgan fingerprint density at radius 1 is 0.525 bits per heavy atom. The van der Waals surface area contributed by atoms with Crippen LogP contribution in [0, 0.1) is 6.92 Å². The van der Waals surface area contributed by atoms with Gasteiger partial charge in [0.2, 0.25) is 0 Å². The summed E-state index contributed by atoms with van der Waals surface area (Å²) in [5, 5.41) is 6.95. The summed E-state index contributed by atoms with van der Waals surface area (Å²) < 4.78 is 15.1. The number of furan rings is 2. The van der Waals surface area contributed by atoms with Crippen LogP contribution < -0.4 is 0 Å². The molecule has 0 aliphatic rings. The summed E-state index contributed by atoms with van der Waals surface area (Å²) in [6.45, 7) is 2.13. The van der Waals surface area contributed by atoms with Crippen molar-refractivity contribution in [1.82, 2.24) is 4.57 Å². The van der Waals surface area contributed by atoms with Crippen LogP contribution >= 0.6 is 0 Å². The molecule has 0 atom stereocenters.